The first-order valence-electron chi connectivity index (χ1n) is 6.46. The fourth-order valence-corrected chi connectivity index (χ4v) is 2.53. The fraction of sp³-hybridized carbons (Fsp3) is 0.200. The van der Waals surface area contributed by atoms with Gasteiger partial charge in [-0.05, 0) is 23.6 Å². The lowest BCUT2D eigenvalue weighted by atomic mass is 10.0. The number of pyridine rings is 1. The Labute approximate surface area is 122 Å². The van der Waals surface area contributed by atoms with Gasteiger partial charge in [0.15, 0.2) is 5.65 Å². The van der Waals surface area contributed by atoms with Crippen molar-refractivity contribution in [2.45, 2.75) is 19.8 Å². The molecule has 0 unspecified atom stereocenters. The van der Waals surface area contributed by atoms with Crippen molar-refractivity contribution in [3.8, 4) is 5.69 Å². The number of nitrogens with two attached hydrogens (primary N) is 1. The Morgan fingerprint density at radius 1 is 1.25 bits per heavy atom. The molecule has 4 nitrogen and oxygen atoms in total. The minimum atomic E-state index is 0.385. The van der Waals surface area contributed by atoms with Crippen LogP contribution in [0.15, 0.2) is 36.5 Å². The van der Waals surface area contributed by atoms with Crippen LogP contribution in [0.5, 0.6) is 0 Å². The molecule has 0 saturated heterocycles. The van der Waals surface area contributed by atoms with Crippen molar-refractivity contribution in [2.75, 3.05) is 5.73 Å². The number of halogens is 1. The van der Waals surface area contributed by atoms with Gasteiger partial charge >= 0.3 is 0 Å². The number of imidazole rings is 1. The van der Waals surface area contributed by atoms with E-state index in [2.05, 4.69) is 29.9 Å². The topological polar surface area (TPSA) is 56.7 Å². The molecule has 0 amide bonds. The smallest absolute Gasteiger partial charge is 0.207 e. The Bertz CT molecular complexity index is 777. The number of hydrogen-bond acceptors (Lipinski definition) is 3. The summed E-state index contributed by atoms with van der Waals surface area (Å²) in [6, 6.07) is 9.92. The largest absolute Gasteiger partial charge is 0.369 e. The molecular formula is C15H15ClN4. The van der Waals surface area contributed by atoms with Gasteiger partial charge in [0.05, 0.1) is 10.7 Å². The predicted octanol–water partition coefficient (Wildman–Crippen LogP) is 3.78. The molecule has 5 heteroatoms. The van der Waals surface area contributed by atoms with Gasteiger partial charge in [-0.15, -0.1) is 0 Å². The number of fused-ring (bicyclic) bond motifs is 1. The number of aromatic nitrogens is 3. The zero-order chi connectivity index (χ0) is 14.3. The van der Waals surface area contributed by atoms with Crippen molar-refractivity contribution >= 4 is 28.7 Å². The van der Waals surface area contributed by atoms with Crippen LogP contribution >= 0.6 is 11.6 Å². The van der Waals surface area contributed by atoms with Gasteiger partial charge in [0, 0.05) is 6.20 Å². The van der Waals surface area contributed by atoms with Gasteiger partial charge in [0.25, 0.3) is 0 Å². The Morgan fingerprint density at radius 3 is 2.75 bits per heavy atom. The van der Waals surface area contributed by atoms with Crippen LogP contribution in [0.4, 0.5) is 5.95 Å². The minimum Gasteiger partial charge on any atom is -0.369 e. The van der Waals surface area contributed by atoms with Crippen LogP contribution in [-0.4, -0.2) is 14.5 Å². The molecule has 0 fully saturated rings. The van der Waals surface area contributed by atoms with E-state index in [4.69, 9.17) is 17.3 Å². The number of nitrogen functional groups attached to an aromatic ring is 1. The molecule has 0 aliphatic heterocycles. The Hall–Kier alpha value is -2.07. The van der Waals surface area contributed by atoms with Crippen LogP contribution in [-0.2, 0) is 0 Å². The van der Waals surface area contributed by atoms with Crippen molar-refractivity contribution in [2.24, 2.45) is 0 Å². The predicted molar refractivity (Wildman–Crippen MR) is 82.4 cm³/mol. The quantitative estimate of drug-likeness (QED) is 0.780. The van der Waals surface area contributed by atoms with Crippen molar-refractivity contribution < 1.29 is 0 Å². The van der Waals surface area contributed by atoms with E-state index in [0.29, 0.717) is 22.4 Å². The fourth-order valence-electron chi connectivity index (χ4n) is 2.37. The standard InChI is InChI=1S/C15H15ClN4/c1-9(2)11-5-3-4-6-13(11)20-14-12(19-15(20)17)7-10(16)8-18-14/h3-9H,1-2H3,(H2,17,19). The summed E-state index contributed by atoms with van der Waals surface area (Å²) in [5, 5.41) is 0.555. The van der Waals surface area contributed by atoms with E-state index >= 15 is 0 Å². The first kappa shape index (κ1) is 12.9. The lowest BCUT2D eigenvalue weighted by molar-refractivity contribution is 0.850. The summed E-state index contributed by atoms with van der Waals surface area (Å²) < 4.78 is 1.88. The SMILES string of the molecule is CC(C)c1ccccc1-n1c(N)nc2cc(Cl)cnc21. The zero-order valence-corrected chi connectivity index (χ0v) is 12.1. The summed E-state index contributed by atoms with van der Waals surface area (Å²) >= 11 is 5.96. The van der Waals surface area contributed by atoms with Crippen molar-refractivity contribution in [1.82, 2.24) is 14.5 Å². The first-order valence-corrected chi connectivity index (χ1v) is 6.84. The maximum absolute atomic E-state index is 6.07. The van der Waals surface area contributed by atoms with Crippen LogP contribution in [0.2, 0.25) is 5.02 Å². The number of hydrogen-bond donors (Lipinski definition) is 1. The average molecular weight is 287 g/mol. The van der Waals surface area contributed by atoms with Crippen LogP contribution in [0.3, 0.4) is 0 Å². The molecule has 0 bridgehead atoms. The summed E-state index contributed by atoms with van der Waals surface area (Å²) in [5.41, 5.74) is 9.71. The highest BCUT2D eigenvalue weighted by atomic mass is 35.5. The molecule has 3 aromatic rings. The lowest BCUT2D eigenvalue weighted by Gasteiger charge is -2.14. The van der Waals surface area contributed by atoms with E-state index in [-0.39, 0.29) is 0 Å². The Morgan fingerprint density at radius 2 is 2.00 bits per heavy atom. The third kappa shape index (κ3) is 2.02. The molecule has 0 atom stereocenters. The summed E-state index contributed by atoms with van der Waals surface area (Å²) in [6.07, 6.45) is 1.61. The molecule has 2 heterocycles. The first-order chi connectivity index (χ1) is 9.58. The van der Waals surface area contributed by atoms with Gasteiger partial charge in [-0.3, -0.25) is 4.57 Å². The van der Waals surface area contributed by atoms with Gasteiger partial charge in [0.2, 0.25) is 5.95 Å². The second-order valence-electron chi connectivity index (χ2n) is 5.02. The van der Waals surface area contributed by atoms with E-state index in [9.17, 15) is 0 Å². The van der Waals surface area contributed by atoms with Gasteiger partial charge in [0.1, 0.15) is 5.52 Å². The molecule has 102 valence electrons. The Balaban J connectivity index is 2.33. The molecule has 1 aromatic carbocycles. The van der Waals surface area contributed by atoms with E-state index < -0.39 is 0 Å². The minimum absolute atomic E-state index is 0.385. The second kappa shape index (κ2) is 4.80. The third-order valence-corrected chi connectivity index (χ3v) is 3.50. The molecular weight excluding hydrogens is 272 g/mol. The van der Waals surface area contributed by atoms with E-state index in [0.717, 1.165) is 11.3 Å². The van der Waals surface area contributed by atoms with Crippen LogP contribution in [0.25, 0.3) is 16.9 Å². The maximum Gasteiger partial charge on any atom is 0.207 e. The number of nitrogens with zero attached hydrogens (tertiary/aromatic N) is 3. The Kier molecular flexibility index (Phi) is 3.10. The summed E-state index contributed by atoms with van der Waals surface area (Å²) in [6.45, 7) is 4.30. The van der Waals surface area contributed by atoms with Crippen LogP contribution in [0, 0.1) is 0 Å². The molecule has 0 radical (unpaired) electrons. The van der Waals surface area contributed by atoms with Crippen molar-refractivity contribution in [3.05, 3.63) is 47.1 Å². The van der Waals surface area contributed by atoms with Crippen LogP contribution < -0.4 is 5.73 Å². The van der Waals surface area contributed by atoms with Gasteiger partial charge in [-0.1, -0.05) is 43.6 Å². The molecule has 0 spiro atoms. The highest BCUT2D eigenvalue weighted by Crippen LogP contribution is 2.28. The van der Waals surface area contributed by atoms with Crippen molar-refractivity contribution in [1.29, 1.82) is 0 Å². The maximum atomic E-state index is 6.07. The summed E-state index contributed by atoms with van der Waals surface area (Å²) in [4.78, 5) is 8.71. The van der Waals surface area contributed by atoms with E-state index in [1.54, 1.807) is 12.3 Å². The van der Waals surface area contributed by atoms with Crippen molar-refractivity contribution in [3.63, 3.8) is 0 Å². The molecule has 2 N–H and O–H groups in total. The summed E-state index contributed by atoms with van der Waals surface area (Å²) in [7, 11) is 0. The molecule has 20 heavy (non-hydrogen) atoms. The molecule has 0 aliphatic rings. The lowest BCUT2D eigenvalue weighted by Crippen LogP contribution is -2.05. The molecule has 0 aliphatic carbocycles. The molecule has 0 saturated carbocycles. The highest BCUT2D eigenvalue weighted by Gasteiger charge is 2.15. The van der Waals surface area contributed by atoms with E-state index in [1.165, 1.54) is 5.56 Å². The molecule has 2 aromatic heterocycles. The normalized spacial score (nSPS) is 11.4. The van der Waals surface area contributed by atoms with Crippen LogP contribution in [0.1, 0.15) is 25.3 Å². The number of anilines is 1. The molecule has 3 rings (SSSR count). The summed E-state index contributed by atoms with van der Waals surface area (Å²) in [5.74, 6) is 0.804. The number of benzene rings is 1. The second-order valence-corrected chi connectivity index (χ2v) is 5.45. The third-order valence-electron chi connectivity index (χ3n) is 3.29. The number of para-hydroxylation sites is 1. The zero-order valence-electron chi connectivity index (χ0n) is 11.3. The van der Waals surface area contributed by atoms with E-state index in [1.807, 2.05) is 22.8 Å². The van der Waals surface area contributed by atoms with Gasteiger partial charge in [-0.25, -0.2) is 9.97 Å². The number of rotatable bonds is 2. The van der Waals surface area contributed by atoms with Gasteiger partial charge in [-0.2, -0.15) is 0 Å². The highest BCUT2D eigenvalue weighted by molar-refractivity contribution is 6.31. The van der Waals surface area contributed by atoms with Gasteiger partial charge < -0.3 is 5.73 Å². The average Bonchev–Trinajstić information content (AvgIpc) is 2.73. The monoisotopic (exact) mass is 286 g/mol.